The number of Topliss-reactive ketones (excluding diaryl/α,β-unsaturated/α-hetero) is 2. The van der Waals surface area contributed by atoms with Gasteiger partial charge in [-0.3, -0.25) is 19.3 Å². The molecule has 0 fully saturated rings. The van der Waals surface area contributed by atoms with Crippen molar-refractivity contribution in [1.29, 1.82) is 5.26 Å². The molecule has 1 unspecified atom stereocenters. The fraction of sp³-hybridized carbons (Fsp3) is 0.410. The second-order valence-corrected chi connectivity index (χ2v) is 13.4. The summed E-state index contributed by atoms with van der Waals surface area (Å²) in [5.74, 6) is -1.64. The minimum absolute atomic E-state index is 0.115. The second-order valence-electron chi connectivity index (χ2n) is 12.4. The van der Waals surface area contributed by atoms with Crippen molar-refractivity contribution < 1.29 is 14.4 Å². The first kappa shape index (κ1) is 35.5. The van der Waals surface area contributed by atoms with Crippen LogP contribution in [0.1, 0.15) is 86.1 Å². The van der Waals surface area contributed by atoms with Gasteiger partial charge in [0.1, 0.15) is 11.6 Å². The zero-order valence-electron chi connectivity index (χ0n) is 29.2. The number of ketones is 2. The predicted octanol–water partition coefficient (Wildman–Crippen LogP) is 8.56. The van der Waals surface area contributed by atoms with E-state index >= 15 is 0 Å². The van der Waals surface area contributed by atoms with Gasteiger partial charge in [0.15, 0.2) is 17.0 Å². The lowest BCUT2D eigenvalue weighted by molar-refractivity contribution is -0.128. The molecule has 2 aromatic carbocycles. The van der Waals surface area contributed by atoms with E-state index in [9.17, 15) is 19.6 Å². The Labute approximate surface area is 283 Å². The molecule has 47 heavy (non-hydrogen) atoms. The second kappa shape index (κ2) is 15.0. The van der Waals surface area contributed by atoms with Gasteiger partial charge in [-0.2, -0.15) is 5.26 Å². The van der Waals surface area contributed by atoms with Gasteiger partial charge in [0.25, 0.3) is 0 Å². The Hall–Kier alpha value is -4.35. The SMILES string of the molecule is CCCCN(CCCC)c1nc(-c2c(C)c(C)c(C)c(C)c2C)c(/C=C2\C(=O)C(N(C(C)=O)c3ccccc3)C(=O)C(C#N)=C2C)s1. The molecule has 246 valence electrons. The molecule has 0 bridgehead atoms. The number of para-hydroxylation sites is 1. The highest BCUT2D eigenvalue weighted by molar-refractivity contribution is 7.17. The van der Waals surface area contributed by atoms with Crippen molar-refractivity contribution in [3.63, 3.8) is 0 Å². The van der Waals surface area contributed by atoms with Crippen molar-refractivity contribution in [2.45, 2.75) is 94.0 Å². The maximum absolute atomic E-state index is 14.4. The summed E-state index contributed by atoms with van der Waals surface area (Å²) in [7, 11) is 0. The average molecular weight is 651 g/mol. The Morgan fingerprint density at radius 3 is 1.96 bits per heavy atom. The normalized spacial score (nSPS) is 15.7. The van der Waals surface area contributed by atoms with Gasteiger partial charge in [-0.15, -0.1) is 0 Å². The van der Waals surface area contributed by atoms with Gasteiger partial charge in [-0.1, -0.05) is 56.2 Å². The molecular formula is C39H46N4O3S. The van der Waals surface area contributed by atoms with Crippen molar-refractivity contribution in [3.8, 4) is 17.3 Å². The van der Waals surface area contributed by atoms with Crippen LogP contribution >= 0.6 is 11.3 Å². The Balaban J connectivity index is 2.02. The highest BCUT2D eigenvalue weighted by Crippen LogP contribution is 2.42. The summed E-state index contributed by atoms with van der Waals surface area (Å²) in [6.45, 7) is 19.7. The molecule has 0 N–H and O–H groups in total. The zero-order chi connectivity index (χ0) is 34.6. The highest BCUT2D eigenvalue weighted by Gasteiger charge is 2.44. The summed E-state index contributed by atoms with van der Waals surface area (Å²) in [6.07, 6.45) is 5.99. The van der Waals surface area contributed by atoms with Crippen LogP contribution < -0.4 is 9.80 Å². The third kappa shape index (κ3) is 6.87. The summed E-state index contributed by atoms with van der Waals surface area (Å²) in [4.78, 5) is 50.8. The number of benzene rings is 2. The summed E-state index contributed by atoms with van der Waals surface area (Å²) in [5.41, 5.74) is 8.61. The first-order valence-electron chi connectivity index (χ1n) is 16.5. The number of hydrogen-bond acceptors (Lipinski definition) is 7. The van der Waals surface area contributed by atoms with Gasteiger partial charge in [0.05, 0.1) is 10.6 Å². The lowest BCUT2D eigenvalue weighted by Gasteiger charge is -2.32. The van der Waals surface area contributed by atoms with E-state index in [2.05, 4.69) is 53.4 Å². The maximum atomic E-state index is 14.4. The molecule has 3 aromatic rings. The zero-order valence-corrected chi connectivity index (χ0v) is 30.0. The fourth-order valence-electron chi connectivity index (χ4n) is 6.28. The third-order valence-corrected chi connectivity index (χ3v) is 10.6. The molecular weight excluding hydrogens is 605 g/mol. The molecule has 1 aliphatic rings. The van der Waals surface area contributed by atoms with E-state index in [1.54, 1.807) is 43.3 Å². The molecule has 0 aliphatic heterocycles. The first-order chi connectivity index (χ1) is 22.4. The standard InChI is InChI=1S/C39H46N4O3S/c1-10-12-19-42(20-13-11-2)39-41-35(34-26(6)24(4)23(3)25(5)27(34)7)33(47-39)21-31-28(8)32(22-40)38(46)36(37(31)45)43(29(9)44)30-17-15-14-16-18-30/h14-18,21,36H,10-13,19-20H2,1-9H3/b31-21-. The van der Waals surface area contributed by atoms with Gasteiger partial charge in [-0.25, -0.2) is 4.98 Å². The van der Waals surface area contributed by atoms with Crippen LogP contribution in [0.25, 0.3) is 17.3 Å². The number of thiazole rings is 1. The van der Waals surface area contributed by atoms with Gasteiger partial charge >= 0.3 is 0 Å². The Morgan fingerprint density at radius 1 is 0.894 bits per heavy atom. The molecule has 1 atom stereocenters. The minimum atomic E-state index is -1.48. The topological polar surface area (TPSA) is 94.4 Å². The molecule has 7 nitrogen and oxygen atoms in total. The predicted molar refractivity (Wildman–Crippen MR) is 193 cm³/mol. The lowest BCUT2D eigenvalue weighted by Crippen LogP contribution is -2.52. The smallest absolute Gasteiger partial charge is 0.224 e. The van der Waals surface area contributed by atoms with Crippen molar-refractivity contribution in [2.24, 2.45) is 0 Å². The number of nitrogens with zero attached hydrogens (tertiary/aromatic N) is 4. The van der Waals surface area contributed by atoms with E-state index < -0.39 is 23.5 Å². The van der Waals surface area contributed by atoms with Crippen molar-refractivity contribution >= 4 is 45.7 Å². The van der Waals surface area contributed by atoms with Gasteiger partial charge in [0.2, 0.25) is 11.7 Å². The highest BCUT2D eigenvalue weighted by atomic mass is 32.1. The van der Waals surface area contributed by atoms with Crippen LogP contribution in [0.3, 0.4) is 0 Å². The monoisotopic (exact) mass is 650 g/mol. The van der Waals surface area contributed by atoms with Gasteiger partial charge in [-0.05, 0) is 106 Å². The number of nitriles is 1. The van der Waals surface area contributed by atoms with Crippen LogP contribution in [0, 0.1) is 45.9 Å². The van der Waals surface area contributed by atoms with E-state index in [1.807, 2.05) is 6.07 Å². The summed E-state index contributed by atoms with van der Waals surface area (Å²) in [5, 5.41) is 11.0. The maximum Gasteiger partial charge on any atom is 0.224 e. The van der Waals surface area contributed by atoms with Gasteiger partial charge < -0.3 is 4.90 Å². The average Bonchev–Trinajstić information content (AvgIpc) is 3.46. The first-order valence-corrected chi connectivity index (χ1v) is 17.3. The summed E-state index contributed by atoms with van der Waals surface area (Å²) in [6, 6.07) is 9.23. The largest absolute Gasteiger partial charge is 0.348 e. The van der Waals surface area contributed by atoms with Crippen molar-refractivity contribution in [1.82, 2.24) is 4.98 Å². The van der Waals surface area contributed by atoms with E-state index in [-0.39, 0.29) is 11.1 Å². The van der Waals surface area contributed by atoms with Crippen LogP contribution in [0.15, 0.2) is 47.1 Å². The van der Waals surface area contributed by atoms with Gasteiger partial charge in [0, 0.05) is 36.8 Å². The van der Waals surface area contributed by atoms with E-state index in [1.165, 1.54) is 39.9 Å². The number of aromatic nitrogens is 1. The molecule has 1 aromatic heterocycles. The van der Waals surface area contributed by atoms with Crippen molar-refractivity contribution in [2.75, 3.05) is 22.9 Å². The van der Waals surface area contributed by atoms with E-state index in [4.69, 9.17) is 4.98 Å². The van der Waals surface area contributed by atoms with Crippen LogP contribution in [-0.2, 0) is 14.4 Å². The Bertz CT molecular complexity index is 1770. The summed E-state index contributed by atoms with van der Waals surface area (Å²) < 4.78 is 0. The molecule has 0 spiro atoms. The summed E-state index contributed by atoms with van der Waals surface area (Å²) >= 11 is 1.53. The lowest BCUT2D eigenvalue weighted by atomic mass is 9.81. The molecule has 4 rings (SSSR count). The Kier molecular flexibility index (Phi) is 11.4. The number of carbonyl (C=O) groups is 3. The molecule has 1 aliphatic carbocycles. The third-order valence-electron chi connectivity index (χ3n) is 9.52. The van der Waals surface area contributed by atoms with E-state index in [0.717, 1.165) is 71.2 Å². The van der Waals surface area contributed by atoms with Crippen LogP contribution in [0.5, 0.6) is 0 Å². The molecule has 0 radical (unpaired) electrons. The minimum Gasteiger partial charge on any atom is -0.348 e. The number of unbranched alkanes of at least 4 members (excludes halogenated alkanes) is 2. The Morgan fingerprint density at radius 2 is 1.45 bits per heavy atom. The van der Waals surface area contributed by atoms with Crippen LogP contribution in [0.4, 0.5) is 10.8 Å². The number of hydrogen-bond donors (Lipinski definition) is 0. The molecule has 1 amide bonds. The number of carbonyl (C=O) groups excluding carboxylic acids is 3. The fourth-order valence-corrected chi connectivity index (χ4v) is 7.35. The van der Waals surface area contributed by atoms with Crippen molar-refractivity contribution in [3.05, 3.63) is 79.7 Å². The molecule has 0 saturated heterocycles. The quantitative estimate of drug-likeness (QED) is 0.152. The number of allylic oxidation sites excluding steroid dienone is 1. The number of anilines is 2. The molecule has 8 heteroatoms. The molecule has 1 heterocycles. The molecule has 0 saturated carbocycles. The number of amides is 1. The van der Waals surface area contributed by atoms with Crippen LogP contribution in [-0.4, -0.2) is 41.6 Å². The van der Waals surface area contributed by atoms with Crippen LogP contribution in [0.2, 0.25) is 0 Å². The number of rotatable bonds is 11. The van der Waals surface area contributed by atoms with E-state index in [0.29, 0.717) is 11.3 Å².